The molecule has 1 amide bonds. The van der Waals surface area contributed by atoms with Crippen LogP contribution in [0.3, 0.4) is 0 Å². The highest BCUT2D eigenvalue weighted by atomic mass is 32.1. The van der Waals surface area contributed by atoms with Crippen molar-refractivity contribution in [2.75, 3.05) is 17.7 Å². The molecule has 0 spiro atoms. The van der Waals surface area contributed by atoms with Crippen LogP contribution in [0.1, 0.15) is 31.3 Å². The van der Waals surface area contributed by atoms with E-state index in [1.807, 2.05) is 6.92 Å². The number of carbonyl (C=O) groups is 2. The summed E-state index contributed by atoms with van der Waals surface area (Å²) in [7, 11) is 0. The summed E-state index contributed by atoms with van der Waals surface area (Å²) in [6.45, 7) is 2.39. The fourth-order valence-corrected chi connectivity index (χ4v) is 3.21. The molecule has 144 valence electrons. The number of thiazole rings is 1. The van der Waals surface area contributed by atoms with E-state index < -0.39 is 11.9 Å². The number of nitrogens with one attached hydrogen (secondary N) is 1. The van der Waals surface area contributed by atoms with E-state index in [2.05, 4.69) is 15.3 Å². The van der Waals surface area contributed by atoms with Crippen molar-refractivity contribution in [3.63, 3.8) is 0 Å². The molecular weight excluding hydrogens is 380 g/mol. The third kappa shape index (κ3) is 4.83. The van der Waals surface area contributed by atoms with Crippen molar-refractivity contribution in [1.82, 2.24) is 9.97 Å². The molecule has 0 bridgehead atoms. The quantitative estimate of drug-likeness (QED) is 0.522. The molecule has 0 fully saturated rings. The van der Waals surface area contributed by atoms with Crippen LogP contribution in [0, 0.1) is 6.92 Å². The Balaban J connectivity index is 1.65. The maximum Gasteiger partial charge on any atom is 0.337 e. The van der Waals surface area contributed by atoms with E-state index in [1.54, 1.807) is 29.0 Å². The molecule has 0 saturated heterocycles. The second kappa shape index (κ2) is 8.49. The summed E-state index contributed by atoms with van der Waals surface area (Å²) in [4.78, 5) is 32.6. The lowest BCUT2D eigenvalue weighted by molar-refractivity contribution is 0.0696. The molecule has 0 radical (unpaired) electrons. The zero-order valence-corrected chi connectivity index (χ0v) is 15.8. The minimum atomic E-state index is -1.09. The van der Waals surface area contributed by atoms with Gasteiger partial charge in [0.25, 0.3) is 5.91 Å². The topological polar surface area (TPSA) is 127 Å². The van der Waals surface area contributed by atoms with Gasteiger partial charge in [0.2, 0.25) is 0 Å². The van der Waals surface area contributed by atoms with E-state index >= 15 is 0 Å². The number of aromatic nitrogens is 2. The number of carboxylic acid groups (broad SMARTS) is 1. The molecule has 3 rings (SSSR count). The van der Waals surface area contributed by atoms with Crippen molar-refractivity contribution in [2.45, 2.75) is 13.3 Å². The number of anilines is 2. The maximum absolute atomic E-state index is 12.5. The Morgan fingerprint density at radius 2 is 2.04 bits per heavy atom. The number of aryl methyl sites for hydroxylation is 1. The number of nitrogens with two attached hydrogens (primary N) is 1. The van der Waals surface area contributed by atoms with E-state index in [4.69, 9.17) is 15.6 Å². The largest absolute Gasteiger partial charge is 0.493 e. The first kappa shape index (κ1) is 19.3. The number of amides is 1. The minimum Gasteiger partial charge on any atom is -0.493 e. The smallest absolute Gasteiger partial charge is 0.337 e. The van der Waals surface area contributed by atoms with Crippen LogP contribution in [0.25, 0.3) is 0 Å². The van der Waals surface area contributed by atoms with Crippen molar-refractivity contribution in [3.8, 4) is 5.75 Å². The summed E-state index contributed by atoms with van der Waals surface area (Å²) in [5, 5.41) is 11.5. The van der Waals surface area contributed by atoms with Gasteiger partial charge in [-0.2, -0.15) is 0 Å². The van der Waals surface area contributed by atoms with Gasteiger partial charge in [-0.1, -0.05) is 0 Å². The lowest BCUT2D eigenvalue weighted by Gasteiger charge is -2.10. The van der Waals surface area contributed by atoms with Crippen molar-refractivity contribution in [2.24, 2.45) is 0 Å². The van der Waals surface area contributed by atoms with Gasteiger partial charge in [-0.05, 0) is 31.2 Å². The van der Waals surface area contributed by atoms with E-state index in [0.29, 0.717) is 30.0 Å². The number of hydrogen-bond acceptors (Lipinski definition) is 7. The molecule has 28 heavy (non-hydrogen) atoms. The van der Waals surface area contributed by atoms with Crippen LogP contribution < -0.4 is 15.8 Å². The normalized spacial score (nSPS) is 10.5. The van der Waals surface area contributed by atoms with Crippen molar-refractivity contribution in [1.29, 1.82) is 0 Å². The Kier molecular flexibility index (Phi) is 5.85. The molecule has 0 atom stereocenters. The van der Waals surface area contributed by atoms with E-state index in [1.165, 1.54) is 24.4 Å². The van der Waals surface area contributed by atoms with E-state index in [9.17, 15) is 9.59 Å². The number of benzene rings is 1. The molecule has 0 aliphatic heterocycles. The molecule has 2 heterocycles. The molecular formula is C19H18N4O4S. The Bertz CT molecular complexity index is 1000. The highest BCUT2D eigenvalue weighted by Gasteiger charge is 2.11. The molecule has 0 saturated carbocycles. The number of rotatable bonds is 7. The first-order valence-electron chi connectivity index (χ1n) is 8.35. The molecule has 0 aliphatic carbocycles. The molecule has 0 unspecified atom stereocenters. The number of nitrogen functional groups attached to an aromatic ring is 1. The number of nitrogens with zero attached hydrogens (tertiary/aromatic N) is 2. The average molecular weight is 398 g/mol. The van der Waals surface area contributed by atoms with Gasteiger partial charge >= 0.3 is 5.97 Å². The molecule has 0 aliphatic rings. The molecule has 1 aromatic carbocycles. The first-order valence-corrected chi connectivity index (χ1v) is 9.23. The number of carboxylic acids is 1. The third-order valence-electron chi connectivity index (χ3n) is 3.89. The van der Waals surface area contributed by atoms with Gasteiger partial charge in [-0.25, -0.2) is 14.8 Å². The van der Waals surface area contributed by atoms with Gasteiger partial charge in [0.15, 0.2) is 0 Å². The number of ether oxygens (including phenoxy) is 1. The van der Waals surface area contributed by atoms with Gasteiger partial charge < -0.3 is 20.9 Å². The summed E-state index contributed by atoms with van der Waals surface area (Å²) in [5.41, 5.74) is 9.41. The van der Waals surface area contributed by atoms with Crippen molar-refractivity contribution >= 4 is 34.7 Å². The van der Waals surface area contributed by atoms with Crippen LogP contribution in [0.4, 0.5) is 11.5 Å². The average Bonchev–Trinajstić information content (AvgIpc) is 3.06. The van der Waals surface area contributed by atoms with Gasteiger partial charge in [-0.3, -0.25) is 4.79 Å². The Labute approximate surface area is 165 Å². The monoisotopic (exact) mass is 398 g/mol. The molecule has 4 N–H and O–H groups in total. The summed E-state index contributed by atoms with van der Waals surface area (Å²) in [5.74, 6) is -0.787. The summed E-state index contributed by atoms with van der Waals surface area (Å²) in [6, 6.07) is 7.55. The predicted molar refractivity (Wildman–Crippen MR) is 106 cm³/mol. The van der Waals surface area contributed by atoms with Crippen LogP contribution in [0.15, 0.2) is 42.0 Å². The highest BCUT2D eigenvalue weighted by Crippen LogP contribution is 2.21. The lowest BCUT2D eigenvalue weighted by atomic mass is 10.1. The van der Waals surface area contributed by atoms with Gasteiger partial charge in [0.1, 0.15) is 11.6 Å². The fraction of sp³-hybridized carbons (Fsp3) is 0.158. The second-order valence-corrected chi connectivity index (χ2v) is 6.88. The van der Waals surface area contributed by atoms with Crippen LogP contribution in [0.2, 0.25) is 0 Å². The number of pyridine rings is 1. The molecule has 8 nitrogen and oxygen atoms in total. The number of hydrogen-bond donors (Lipinski definition) is 3. The van der Waals surface area contributed by atoms with Crippen LogP contribution in [-0.4, -0.2) is 33.6 Å². The summed E-state index contributed by atoms with van der Waals surface area (Å²) in [6.07, 6.45) is 1.89. The standard InChI is InChI=1S/C19H18N4O4S/c1-11-16(28-10-22-11)4-5-27-15-7-13(6-14(20)8-15)18(24)23-17-3-2-12(9-21-17)19(25)26/h2-3,6-10H,4-5,20H2,1H3,(H,25,26)(H,21,23,24). The third-order valence-corrected chi connectivity index (χ3v) is 4.88. The zero-order valence-electron chi connectivity index (χ0n) is 15.0. The zero-order chi connectivity index (χ0) is 20.1. The molecule has 2 aromatic heterocycles. The van der Waals surface area contributed by atoms with Crippen molar-refractivity contribution < 1.29 is 19.4 Å². The minimum absolute atomic E-state index is 0.0359. The first-order chi connectivity index (χ1) is 13.4. The summed E-state index contributed by atoms with van der Waals surface area (Å²) < 4.78 is 5.74. The highest BCUT2D eigenvalue weighted by molar-refractivity contribution is 7.09. The molecule has 3 aromatic rings. The number of carbonyl (C=O) groups excluding carboxylic acids is 1. The second-order valence-electron chi connectivity index (χ2n) is 5.94. The Morgan fingerprint density at radius 1 is 1.21 bits per heavy atom. The van der Waals surface area contributed by atoms with E-state index in [0.717, 1.165) is 10.6 Å². The van der Waals surface area contributed by atoms with Gasteiger partial charge in [0, 0.05) is 34.8 Å². The van der Waals surface area contributed by atoms with Crippen LogP contribution >= 0.6 is 11.3 Å². The lowest BCUT2D eigenvalue weighted by Crippen LogP contribution is -2.14. The van der Waals surface area contributed by atoms with Crippen molar-refractivity contribution in [3.05, 3.63) is 63.7 Å². The SMILES string of the molecule is Cc1ncsc1CCOc1cc(N)cc(C(=O)Nc2ccc(C(=O)O)cn2)c1. The maximum atomic E-state index is 12.5. The Morgan fingerprint density at radius 3 is 2.68 bits per heavy atom. The van der Waals surface area contributed by atoms with E-state index in [-0.39, 0.29) is 11.4 Å². The van der Waals surface area contributed by atoms with Gasteiger partial charge in [0.05, 0.1) is 23.4 Å². The molecule has 9 heteroatoms. The number of aromatic carboxylic acids is 1. The van der Waals surface area contributed by atoms with Crippen LogP contribution in [-0.2, 0) is 6.42 Å². The predicted octanol–water partition coefficient (Wildman–Crippen LogP) is 3.00. The fourth-order valence-electron chi connectivity index (χ4n) is 2.45. The summed E-state index contributed by atoms with van der Waals surface area (Å²) >= 11 is 1.58. The van der Waals surface area contributed by atoms with Gasteiger partial charge in [-0.15, -0.1) is 11.3 Å². The van der Waals surface area contributed by atoms with Crippen LogP contribution in [0.5, 0.6) is 5.75 Å². The Hall–Kier alpha value is -3.46.